The molecule has 1 aromatic heterocycles. The molecule has 0 bridgehead atoms. The molecule has 3 amide bonds. The highest BCUT2D eigenvalue weighted by Gasteiger charge is 2.32. The van der Waals surface area contributed by atoms with Crippen LogP contribution in [0.2, 0.25) is 0 Å². The number of hydrogen-bond acceptors (Lipinski definition) is 6. The first-order chi connectivity index (χ1) is 13.0. The van der Waals surface area contributed by atoms with Gasteiger partial charge in [-0.25, -0.2) is 4.79 Å². The first-order valence-electron chi connectivity index (χ1n) is 8.77. The molecule has 1 aromatic carbocycles. The minimum Gasteiger partial charge on any atom is -0.497 e. The topological polar surface area (TPSA) is 101 Å². The molecule has 1 atom stereocenters. The molecule has 2 aromatic rings. The number of ether oxygens (including phenoxy) is 1. The van der Waals surface area contributed by atoms with Crippen molar-refractivity contribution in [2.24, 2.45) is 0 Å². The van der Waals surface area contributed by atoms with Gasteiger partial charge in [-0.1, -0.05) is 12.1 Å². The molecule has 1 aliphatic rings. The smallest absolute Gasteiger partial charge is 0.317 e. The number of aryl methyl sites for hydroxylation is 1. The minimum absolute atomic E-state index is 0.0288. The Bertz CT molecular complexity index is 804. The zero-order valence-corrected chi connectivity index (χ0v) is 15.6. The van der Waals surface area contributed by atoms with Gasteiger partial charge in [-0.05, 0) is 24.3 Å². The number of nitrogens with zero attached hydrogens (tertiary/aromatic N) is 4. The summed E-state index contributed by atoms with van der Waals surface area (Å²) in [6.07, 6.45) is 0.905. The Kier molecular flexibility index (Phi) is 5.58. The maximum Gasteiger partial charge on any atom is 0.317 e. The maximum absolute atomic E-state index is 12.4. The highest BCUT2D eigenvalue weighted by atomic mass is 16.5. The Morgan fingerprint density at radius 1 is 1.41 bits per heavy atom. The lowest BCUT2D eigenvalue weighted by atomic mass is 10.2. The number of nitrogens with one attached hydrogen (secondary N) is 1. The lowest BCUT2D eigenvalue weighted by Gasteiger charge is -2.20. The van der Waals surface area contributed by atoms with Gasteiger partial charge in [0.25, 0.3) is 0 Å². The van der Waals surface area contributed by atoms with Gasteiger partial charge in [-0.15, -0.1) is 0 Å². The number of hydrogen-bond donors (Lipinski definition) is 1. The number of anilines is 1. The van der Waals surface area contributed by atoms with Crippen LogP contribution in [0, 0.1) is 0 Å². The van der Waals surface area contributed by atoms with E-state index < -0.39 is 0 Å². The predicted molar refractivity (Wildman–Crippen MR) is 97.4 cm³/mol. The van der Waals surface area contributed by atoms with Crippen LogP contribution in [0.25, 0.3) is 0 Å². The molecule has 1 N–H and O–H groups in total. The summed E-state index contributed by atoms with van der Waals surface area (Å²) < 4.78 is 10.2. The van der Waals surface area contributed by atoms with Crippen molar-refractivity contribution in [3.05, 3.63) is 36.0 Å². The van der Waals surface area contributed by atoms with Crippen molar-refractivity contribution in [3.8, 4) is 5.75 Å². The van der Waals surface area contributed by atoms with E-state index in [1.165, 1.54) is 4.90 Å². The van der Waals surface area contributed by atoms with Crippen molar-refractivity contribution in [1.82, 2.24) is 20.4 Å². The fraction of sp³-hybridized carbons (Fsp3) is 0.444. The zero-order valence-electron chi connectivity index (χ0n) is 15.6. The number of aromatic nitrogens is 2. The van der Waals surface area contributed by atoms with E-state index in [9.17, 15) is 9.59 Å². The van der Waals surface area contributed by atoms with Crippen molar-refractivity contribution >= 4 is 17.6 Å². The van der Waals surface area contributed by atoms with E-state index >= 15 is 0 Å². The average molecular weight is 373 g/mol. The molecular weight excluding hydrogens is 350 g/mol. The average Bonchev–Trinajstić information content (AvgIpc) is 3.27. The molecule has 0 radical (unpaired) electrons. The molecule has 3 rings (SSSR count). The number of urea groups is 1. The van der Waals surface area contributed by atoms with Crippen LogP contribution < -0.4 is 15.0 Å². The van der Waals surface area contributed by atoms with Crippen molar-refractivity contribution in [2.45, 2.75) is 32.4 Å². The number of benzene rings is 1. The summed E-state index contributed by atoms with van der Waals surface area (Å²) in [4.78, 5) is 32.0. The van der Waals surface area contributed by atoms with Crippen LogP contribution in [0.5, 0.6) is 5.75 Å². The highest BCUT2D eigenvalue weighted by Crippen LogP contribution is 2.24. The van der Waals surface area contributed by atoms with Crippen molar-refractivity contribution in [1.29, 1.82) is 0 Å². The summed E-state index contributed by atoms with van der Waals surface area (Å²) in [6, 6.07) is 6.72. The van der Waals surface area contributed by atoms with E-state index in [-0.39, 0.29) is 30.9 Å². The third-order valence-electron chi connectivity index (χ3n) is 4.37. The molecule has 144 valence electrons. The maximum atomic E-state index is 12.4. The molecule has 1 aliphatic heterocycles. The van der Waals surface area contributed by atoms with E-state index in [0.717, 1.165) is 11.4 Å². The van der Waals surface area contributed by atoms with Gasteiger partial charge in [0.05, 0.1) is 19.7 Å². The number of methoxy groups -OCH3 is 1. The number of amides is 3. The van der Waals surface area contributed by atoms with Gasteiger partial charge in [-0.2, -0.15) is 4.98 Å². The summed E-state index contributed by atoms with van der Waals surface area (Å²) in [6.45, 7) is 2.57. The van der Waals surface area contributed by atoms with Crippen molar-refractivity contribution in [2.75, 3.05) is 25.6 Å². The van der Waals surface area contributed by atoms with Gasteiger partial charge >= 0.3 is 6.03 Å². The highest BCUT2D eigenvalue weighted by molar-refractivity contribution is 5.96. The molecule has 9 heteroatoms. The SMILES string of the molecule is CCc1nc(CN(C)C(=O)N[C@@H]2CC(=O)N(c3ccc(OC)cc3)C2)no1. The molecule has 2 heterocycles. The van der Waals surface area contributed by atoms with E-state index in [4.69, 9.17) is 9.26 Å². The van der Waals surface area contributed by atoms with Crippen LogP contribution in [0.3, 0.4) is 0 Å². The summed E-state index contributed by atoms with van der Waals surface area (Å²) in [7, 11) is 3.24. The van der Waals surface area contributed by atoms with Crippen molar-refractivity contribution < 1.29 is 18.8 Å². The Hall–Kier alpha value is -3.10. The summed E-state index contributed by atoms with van der Waals surface area (Å²) >= 11 is 0. The van der Waals surface area contributed by atoms with Crippen LogP contribution in [-0.2, 0) is 17.8 Å². The van der Waals surface area contributed by atoms with Gasteiger partial charge in [0.1, 0.15) is 5.75 Å². The van der Waals surface area contributed by atoms with Gasteiger partial charge in [0.2, 0.25) is 11.8 Å². The normalized spacial score (nSPS) is 16.5. The lowest BCUT2D eigenvalue weighted by Crippen LogP contribution is -2.44. The third-order valence-corrected chi connectivity index (χ3v) is 4.37. The molecule has 27 heavy (non-hydrogen) atoms. The monoisotopic (exact) mass is 373 g/mol. The molecule has 0 saturated carbocycles. The van der Waals surface area contributed by atoms with E-state index in [1.54, 1.807) is 31.2 Å². The second-order valence-corrected chi connectivity index (χ2v) is 6.37. The standard InChI is InChI=1S/C18H23N5O4/c1-4-16-20-15(21-27-16)11-22(2)18(25)19-12-9-17(24)23(10-12)13-5-7-14(26-3)8-6-13/h5-8,12H,4,9-11H2,1-3H3,(H,19,25)/t12-/m1/s1. The lowest BCUT2D eigenvalue weighted by molar-refractivity contribution is -0.117. The number of rotatable bonds is 6. The number of carbonyl (C=O) groups is 2. The van der Waals surface area contributed by atoms with Crippen LogP contribution in [0.15, 0.2) is 28.8 Å². The Morgan fingerprint density at radius 2 is 2.15 bits per heavy atom. The number of carbonyl (C=O) groups excluding carboxylic acids is 2. The van der Waals surface area contributed by atoms with Crippen LogP contribution in [-0.4, -0.2) is 53.7 Å². The van der Waals surface area contributed by atoms with E-state index in [2.05, 4.69) is 15.5 Å². The predicted octanol–water partition coefficient (Wildman–Crippen LogP) is 1.59. The minimum atomic E-state index is -0.285. The summed E-state index contributed by atoms with van der Waals surface area (Å²) in [5.41, 5.74) is 0.782. The first-order valence-corrected chi connectivity index (χ1v) is 8.77. The van der Waals surface area contributed by atoms with Gasteiger partial charge in [0, 0.05) is 32.1 Å². The summed E-state index contributed by atoms with van der Waals surface area (Å²) in [5.74, 6) is 1.69. The van der Waals surface area contributed by atoms with Crippen molar-refractivity contribution in [3.63, 3.8) is 0 Å². The molecule has 1 fully saturated rings. The molecular formula is C18H23N5O4. The van der Waals surface area contributed by atoms with Crippen LogP contribution >= 0.6 is 0 Å². The van der Waals surface area contributed by atoms with Gasteiger partial charge in [0.15, 0.2) is 5.82 Å². The Balaban J connectivity index is 1.55. The van der Waals surface area contributed by atoms with E-state index in [0.29, 0.717) is 24.7 Å². The van der Waals surface area contributed by atoms with Crippen LogP contribution in [0.4, 0.5) is 10.5 Å². The molecule has 1 saturated heterocycles. The van der Waals surface area contributed by atoms with Crippen LogP contribution in [0.1, 0.15) is 25.1 Å². The third kappa shape index (κ3) is 4.36. The zero-order chi connectivity index (χ0) is 19.4. The Morgan fingerprint density at radius 3 is 2.78 bits per heavy atom. The Labute approximate surface area is 157 Å². The summed E-state index contributed by atoms with van der Waals surface area (Å²) in [5, 5.41) is 6.72. The van der Waals surface area contributed by atoms with Gasteiger partial charge in [-0.3, -0.25) is 4.79 Å². The largest absolute Gasteiger partial charge is 0.497 e. The second kappa shape index (κ2) is 8.07. The fourth-order valence-corrected chi connectivity index (χ4v) is 2.88. The molecule has 0 spiro atoms. The first kappa shape index (κ1) is 18.7. The molecule has 9 nitrogen and oxygen atoms in total. The second-order valence-electron chi connectivity index (χ2n) is 6.37. The molecule has 0 unspecified atom stereocenters. The fourth-order valence-electron chi connectivity index (χ4n) is 2.88. The van der Waals surface area contributed by atoms with Gasteiger partial charge < -0.3 is 24.4 Å². The quantitative estimate of drug-likeness (QED) is 0.825. The van der Waals surface area contributed by atoms with E-state index in [1.807, 2.05) is 19.1 Å². The molecule has 0 aliphatic carbocycles.